The maximum Gasteiger partial charge on any atom is 0.159 e. The summed E-state index contributed by atoms with van der Waals surface area (Å²) < 4.78 is 11.6. The molecule has 0 unspecified atom stereocenters. The van der Waals surface area contributed by atoms with Gasteiger partial charge in [0.05, 0.1) is 27.8 Å². The van der Waals surface area contributed by atoms with E-state index < -0.39 is 0 Å². The molecule has 0 radical (unpaired) electrons. The second kappa shape index (κ2) is 12.5. The maximum atomic E-state index is 6.75. The van der Waals surface area contributed by atoms with E-state index in [9.17, 15) is 0 Å². The molecule has 0 atom stereocenters. The first kappa shape index (κ1) is 31.7. The summed E-state index contributed by atoms with van der Waals surface area (Å²) in [6.07, 6.45) is 0. The number of nitrogens with zero attached hydrogens (tertiary/aromatic N) is 2. The number of para-hydroxylation sites is 3. The summed E-state index contributed by atoms with van der Waals surface area (Å²) in [6, 6.07) is 74.5. The summed E-state index contributed by atoms with van der Waals surface area (Å²) in [4.78, 5) is 0. The molecule has 3 heteroatoms. The number of hydrogen-bond acceptors (Lipinski definition) is 1. The molecule has 0 spiro atoms. The van der Waals surface area contributed by atoms with Crippen molar-refractivity contribution in [1.82, 2.24) is 9.13 Å². The van der Waals surface area contributed by atoms with Crippen LogP contribution in [0.1, 0.15) is 0 Å². The molecule has 266 valence electrons. The van der Waals surface area contributed by atoms with E-state index in [-0.39, 0.29) is 0 Å². The van der Waals surface area contributed by atoms with Gasteiger partial charge < -0.3 is 13.6 Å². The van der Waals surface area contributed by atoms with Crippen molar-refractivity contribution in [2.75, 3.05) is 0 Å². The molecule has 3 heterocycles. The molecule has 0 aliphatic rings. The Morgan fingerprint density at radius 3 is 1.40 bits per heavy atom. The fraction of sp³-hybridized carbons (Fsp3) is 0. The van der Waals surface area contributed by atoms with Gasteiger partial charge >= 0.3 is 0 Å². The van der Waals surface area contributed by atoms with E-state index in [0.29, 0.717) is 0 Å². The third-order valence-electron chi connectivity index (χ3n) is 11.7. The van der Waals surface area contributed by atoms with Gasteiger partial charge in [0.25, 0.3) is 0 Å². The van der Waals surface area contributed by atoms with Crippen LogP contribution < -0.4 is 0 Å². The molecule has 0 saturated carbocycles. The predicted molar refractivity (Wildman–Crippen MR) is 239 cm³/mol. The molecule has 12 aromatic rings. The van der Waals surface area contributed by atoms with Crippen LogP contribution in [-0.2, 0) is 0 Å². The van der Waals surface area contributed by atoms with Gasteiger partial charge in [0.15, 0.2) is 5.58 Å². The van der Waals surface area contributed by atoms with Crippen molar-refractivity contribution < 1.29 is 4.42 Å². The van der Waals surface area contributed by atoms with E-state index in [2.05, 4.69) is 209 Å². The fourth-order valence-corrected chi connectivity index (χ4v) is 9.04. The number of fused-ring (bicyclic) bond motifs is 9. The van der Waals surface area contributed by atoms with Crippen molar-refractivity contribution in [2.24, 2.45) is 0 Å². The maximum absolute atomic E-state index is 6.75. The van der Waals surface area contributed by atoms with E-state index in [0.717, 1.165) is 61.0 Å². The molecule has 0 saturated heterocycles. The molecule has 0 aliphatic heterocycles. The van der Waals surface area contributed by atoms with Gasteiger partial charge in [0, 0.05) is 38.0 Å². The highest BCUT2D eigenvalue weighted by atomic mass is 16.3. The Morgan fingerprint density at radius 2 is 0.754 bits per heavy atom. The predicted octanol–water partition coefficient (Wildman–Crippen LogP) is 14.8. The molecule has 9 aromatic carbocycles. The standard InChI is InChI=1S/C54H34N2O/c1-3-13-35(14-4-1)37-23-27-41(28-24-37)55-48-20-10-7-17-42(48)44-29-25-38(32-50(44)55)39-26-30-45-43-18-8-11-21-49(43)56(51(45)33-39)52-34-40(36-15-5-2-6-16-36)31-47-46-19-9-12-22-53(46)57-54(47)52/h1-34H. The number of benzene rings is 9. The Labute approximate surface area is 328 Å². The lowest BCUT2D eigenvalue weighted by atomic mass is 10.0. The highest BCUT2D eigenvalue weighted by Crippen LogP contribution is 2.42. The van der Waals surface area contributed by atoms with Gasteiger partial charge in [-0.1, -0.05) is 152 Å². The lowest BCUT2D eigenvalue weighted by Gasteiger charge is -2.13. The molecule has 3 aromatic heterocycles. The summed E-state index contributed by atoms with van der Waals surface area (Å²) >= 11 is 0. The zero-order valence-corrected chi connectivity index (χ0v) is 30.9. The third-order valence-corrected chi connectivity index (χ3v) is 11.7. The summed E-state index contributed by atoms with van der Waals surface area (Å²) in [5.41, 5.74) is 15.7. The van der Waals surface area contributed by atoms with E-state index >= 15 is 0 Å². The van der Waals surface area contributed by atoms with Crippen molar-refractivity contribution in [3.63, 3.8) is 0 Å². The molecule has 12 rings (SSSR count). The van der Waals surface area contributed by atoms with Crippen LogP contribution in [0.2, 0.25) is 0 Å². The Kier molecular flexibility index (Phi) is 6.93. The summed E-state index contributed by atoms with van der Waals surface area (Å²) in [5.74, 6) is 0. The summed E-state index contributed by atoms with van der Waals surface area (Å²) in [6.45, 7) is 0. The monoisotopic (exact) mass is 726 g/mol. The van der Waals surface area contributed by atoms with Crippen molar-refractivity contribution in [2.45, 2.75) is 0 Å². The molecule has 0 fully saturated rings. The molecule has 0 N–H and O–H groups in total. The largest absolute Gasteiger partial charge is 0.454 e. The molecule has 0 bridgehead atoms. The lowest BCUT2D eigenvalue weighted by molar-refractivity contribution is 0.666. The Balaban J connectivity index is 1.08. The first-order chi connectivity index (χ1) is 28.3. The minimum Gasteiger partial charge on any atom is -0.454 e. The number of furan rings is 1. The first-order valence-corrected chi connectivity index (χ1v) is 19.5. The van der Waals surface area contributed by atoms with Gasteiger partial charge in [-0.15, -0.1) is 0 Å². The van der Waals surface area contributed by atoms with Crippen molar-refractivity contribution in [3.8, 4) is 44.8 Å². The Hall–Kier alpha value is -7.62. The van der Waals surface area contributed by atoms with Crippen molar-refractivity contribution in [1.29, 1.82) is 0 Å². The first-order valence-electron chi connectivity index (χ1n) is 19.5. The normalized spacial score (nSPS) is 11.9. The Bertz CT molecular complexity index is 3490. The fourth-order valence-electron chi connectivity index (χ4n) is 9.04. The number of rotatable bonds is 5. The number of aromatic nitrogens is 2. The SMILES string of the molecule is c1ccc(-c2ccc(-n3c4ccccc4c4ccc(-c5ccc6c7ccccc7n(-c7cc(-c8ccccc8)cc8c7oc7ccccc78)c6c5)cc43)cc2)cc1. The number of hydrogen-bond donors (Lipinski definition) is 0. The van der Waals surface area contributed by atoms with Crippen LogP contribution in [-0.4, -0.2) is 9.13 Å². The Morgan fingerprint density at radius 1 is 0.281 bits per heavy atom. The van der Waals surface area contributed by atoms with Gasteiger partial charge in [0.2, 0.25) is 0 Å². The molecule has 3 nitrogen and oxygen atoms in total. The second-order valence-corrected chi connectivity index (χ2v) is 14.9. The molecule has 0 aliphatic carbocycles. The van der Waals surface area contributed by atoms with Crippen LogP contribution in [0.25, 0.3) is 110 Å². The third kappa shape index (κ3) is 4.92. The van der Waals surface area contributed by atoms with Gasteiger partial charge in [-0.2, -0.15) is 0 Å². The molecular formula is C54H34N2O. The second-order valence-electron chi connectivity index (χ2n) is 14.9. The molecule has 0 amide bonds. The summed E-state index contributed by atoms with van der Waals surface area (Å²) in [5, 5.41) is 7.13. The van der Waals surface area contributed by atoms with Crippen LogP contribution in [0.3, 0.4) is 0 Å². The van der Waals surface area contributed by atoms with Crippen LogP contribution in [0.4, 0.5) is 0 Å². The van der Waals surface area contributed by atoms with Gasteiger partial charge in [0.1, 0.15) is 5.58 Å². The van der Waals surface area contributed by atoms with Gasteiger partial charge in [-0.3, -0.25) is 0 Å². The van der Waals surface area contributed by atoms with E-state index in [1.807, 2.05) is 6.07 Å². The summed E-state index contributed by atoms with van der Waals surface area (Å²) in [7, 11) is 0. The van der Waals surface area contributed by atoms with Crippen LogP contribution in [0.5, 0.6) is 0 Å². The average molecular weight is 727 g/mol. The minimum absolute atomic E-state index is 0.883. The average Bonchev–Trinajstić information content (AvgIpc) is 3.94. The minimum atomic E-state index is 0.883. The van der Waals surface area contributed by atoms with Gasteiger partial charge in [-0.25, -0.2) is 0 Å². The molecule has 57 heavy (non-hydrogen) atoms. The van der Waals surface area contributed by atoms with Gasteiger partial charge in [-0.05, 0) is 88.0 Å². The van der Waals surface area contributed by atoms with E-state index in [1.165, 1.54) is 49.3 Å². The quantitative estimate of drug-likeness (QED) is 0.173. The zero-order chi connectivity index (χ0) is 37.5. The zero-order valence-electron chi connectivity index (χ0n) is 30.9. The topological polar surface area (TPSA) is 23.0 Å². The van der Waals surface area contributed by atoms with Crippen molar-refractivity contribution >= 4 is 65.6 Å². The van der Waals surface area contributed by atoms with Crippen molar-refractivity contribution in [3.05, 3.63) is 206 Å². The smallest absolute Gasteiger partial charge is 0.159 e. The van der Waals surface area contributed by atoms with E-state index in [1.54, 1.807) is 0 Å². The van der Waals surface area contributed by atoms with E-state index in [4.69, 9.17) is 4.42 Å². The van der Waals surface area contributed by atoms with Crippen LogP contribution in [0.15, 0.2) is 211 Å². The van der Waals surface area contributed by atoms with Crippen LogP contribution >= 0.6 is 0 Å². The molecular weight excluding hydrogens is 693 g/mol. The highest BCUT2D eigenvalue weighted by molar-refractivity contribution is 6.15. The highest BCUT2D eigenvalue weighted by Gasteiger charge is 2.21. The van der Waals surface area contributed by atoms with Crippen LogP contribution in [0, 0.1) is 0 Å². The lowest BCUT2D eigenvalue weighted by Crippen LogP contribution is -1.96.